The second-order valence-electron chi connectivity index (χ2n) is 3.71. The summed E-state index contributed by atoms with van der Waals surface area (Å²) < 4.78 is 40.6. The van der Waals surface area contributed by atoms with Gasteiger partial charge >= 0.3 is 12.1 Å². The fourth-order valence-electron chi connectivity index (χ4n) is 1.28. The summed E-state index contributed by atoms with van der Waals surface area (Å²) in [5, 5.41) is 2.45. The fourth-order valence-corrected chi connectivity index (χ4v) is 1.28. The molecular weight excluding hydrogens is 263 g/mol. The van der Waals surface area contributed by atoms with Crippen molar-refractivity contribution < 1.29 is 22.7 Å². The molecule has 0 atom stereocenters. The van der Waals surface area contributed by atoms with Crippen molar-refractivity contribution in [2.75, 3.05) is 18.5 Å². The molecule has 0 spiro atoms. The van der Waals surface area contributed by atoms with Gasteiger partial charge in [-0.1, -0.05) is 0 Å². The normalized spacial score (nSPS) is 11.2. The number of alkyl halides is 3. The van der Waals surface area contributed by atoms with Gasteiger partial charge in [0.25, 0.3) is 0 Å². The zero-order valence-corrected chi connectivity index (χ0v) is 10.5. The number of nitrogens with zero attached hydrogens (tertiary/aromatic N) is 2. The number of aryl methyl sites for hydroxylation is 1. The molecule has 0 fully saturated rings. The number of halogens is 3. The highest BCUT2D eigenvalue weighted by molar-refractivity contribution is 5.90. The molecule has 0 bridgehead atoms. The third-order valence-corrected chi connectivity index (χ3v) is 2.17. The van der Waals surface area contributed by atoms with Gasteiger partial charge < -0.3 is 10.1 Å². The molecule has 1 aromatic heterocycles. The van der Waals surface area contributed by atoms with Gasteiger partial charge in [-0.3, -0.25) is 0 Å². The van der Waals surface area contributed by atoms with Crippen LogP contribution in [0, 0.1) is 6.92 Å². The number of hydrogen-bond acceptors (Lipinski definition) is 5. The van der Waals surface area contributed by atoms with E-state index in [0.717, 1.165) is 0 Å². The summed E-state index contributed by atoms with van der Waals surface area (Å²) in [6.07, 6.45) is -3.97. The predicted octanol–water partition coefficient (Wildman–Crippen LogP) is 2.33. The summed E-state index contributed by atoms with van der Waals surface area (Å²) in [4.78, 5) is 19.1. The largest absolute Gasteiger partial charge is 0.462 e. The van der Waals surface area contributed by atoms with Crippen LogP contribution in [-0.2, 0) is 4.74 Å². The molecule has 0 aliphatic carbocycles. The van der Waals surface area contributed by atoms with Crippen LogP contribution >= 0.6 is 0 Å². The van der Waals surface area contributed by atoms with Crippen LogP contribution < -0.4 is 5.32 Å². The molecule has 106 valence electrons. The van der Waals surface area contributed by atoms with Crippen molar-refractivity contribution in [3.05, 3.63) is 17.5 Å². The molecule has 0 amide bonds. The van der Waals surface area contributed by atoms with Gasteiger partial charge in [-0.05, 0) is 13.8 Å². The molecule has 0 saturated heterocycles. The number of carbonyl (C=O) groups is 1. The van der Waals surface area contributed by atoms with Crippen molar-refractivity contribution in [3.8, 4) is 0 Å². The van der Waals surface area contributed by atoms with Crippen molar-refractivity contribution in [1.29, 1.82) is 0 Å². The molecule has 0 saturated carbocycles. The third kappa shape index (κ3) is 5.11. The number of esters is 1. The highest BCUT2D eigenvalue weighted by atomic mass is 19.4. The van der Waals surface area contributed by atoms with E-state index in [9.17, 15) is 18.0 Å². The molecular formula is C11H14F3N3O2. The number of aromatic nitrogens is 2. The van der Waals surface area contributed by atoms with Crippen LogP contribution in [0.15, 0.2) is 6.20 Å². The van der Waals surface area contributed by atoms with Crippen LogP contribution in [0.5, 0.6) is 0 Å². The lowest BCUT2D eigenvalue weighted by atomic mass is 10.2. The lowest BCUT2D eigenvalue weighted by Crippen LogP contribution is -2.16. The van der Waals surface area contributed by atoms with E-state index in [0.29, 0.717) is 5.69 Å². The van der Waals surface area contributed by atoms with E-state index >= 15 is 0 Å². The van der Waals surface area contributed by atoms with Crippen molar-refractivity contribution in [3.63, 3.8) is 0 Å². The minimum absolute atomic E-state index is 0.0507. The number of nitrogens with one attached hydrogen (secondary N) is 1. The summed E-state index contributed by atoms with van der Waals surface area (Å²) in [7, 11) is 0. The molecule has 1 aromatic rings. The maximum Gasteiger partial charge on any atom is 0.390 e. The monoisotopic (exact) mass is 277 g/mol. The van der Waals surface area contributed by atoms with Crippen LogP contribution in [0.3, 0.4) is 0 Å². The summed E-state index contributed by atoms with van der Waals surface area (Å²) in [5.74, 6) is -0.503. The van der Waals surface area contributed by atoms with Gasteiger partial charge in [0.2, 0.25) is 5.95 Å². The van der Waals surface area contributed by atoms with Crippen LogP contribution in [0.4, 0.5) is 19.1 Å². The summed E-state index contributed by atoms with van der Waals surface area (Å²) in [6.45, 7) is 3.13. The molecule has 0 unspecified atom stereocenters. The average molecular weight is 277 g/mol. The Morgan fingerprint density at radius 2 is 2.16 bits per heavy atom. The smallest absolute Gasteiger partial charge is 0.390 e. The quantitative estimate of drug-likeness (QED) is 0.837. The van der Waals surface area contributed by atoms with Gasteiger partial charge in [0.1, 0.15) is 0 Å². The highest BCUT2D eigenvalue weighted by Crippen LogP contribution is 2.19. The van der Waals surface area contributed by atoms with E-state index in [1.54, 1.807) is 13.8 Å². The predicted molar refractivity (Wildman–Crippen MR) is 61.9 cm³/mol. The van der Waals surface area contributed by atoms with Crippen LogP contribution in [-0.4, -0.2) is 35.3 Å². The van der Waals surface area contributed by atoms with Gasteiger partial charge in [0.15, 0.2) is 0 Å². The summed E-state index contributed by atoms with van der Waals surface area (Å²) >= 11 is 0. The Hall–Kier alpha value is -1.86. The van der Waals surface area contributed by atoms with Gasteiger partial charge in [0.05, 0.1) is 24.3 Å². The Kier molecular flexibility index (Phi) is 5.08. The molecule has 19 heavy (non-hydrogen) atoms. The fraction of sp³-hybridized carbons (Fsp3) is 0.545. The Bertz CT molecular complexity index is 449. The van der Waals surface area contributed by atoms with Gasteiger partial charge in [-0.2, -0.15) is 13.2 Å². The molecule has 1 heterocycles. The van der Waals surface area contributed by atoms with Gasteiger partial charge in [-0.25, -0.2) is 14.8 Å². The van der Waals surface area contributed by atoms with Crippen molar-refractivity contribution >= 4 is 11.9 Å². The molecule has 0 radical (unpaired) electrons. The van der Waals surface area contributed by atoms with Crippen molar-refractivity contribution in [2.24, 2.45) is 0 Å². The second-order valence-corrected chi connectivity index (χ2v) is 3.71. The minimum Gasteiger partial charge on any atom is -0.462 e. The molecule has 1 N–H and O–H groups in total. The van der Waals surface area contributed by atoms with Crippen LogP contribution in [0.2, 0.25) is 0 Å². The number of carbonyl (C=O) groups excluding carboxylic acids is 1. The van der Waals surface area contributed by atoms with E-state index in [2.05, 4.69) is 15.3 Å². The first-order valence-corrected chi connectivity index (χ1v) is 5.65. The molecule has 0 aromatic carbocycles. The first-order chi connectivity index (χ1) is 8.83. The minimum atomic E-state index is -4.23. The Labute approximate surface area is 108 Å². The van der Waals surface area contributed by atoms with E-state index < -0.39 is 18.6 Å². The zero-order chi connectivity index (χ0) is 14.5. The maximum absolute atomic E-state index is 12.0. The van der Waals surface area contributed by atoms with Gasteiger partial charge in [0, 0.05) is 12.7 Å². The second kappa shape index (κ2) is 6.35. The standard InChI is InChI=1S/C11H14F3N3O2/c1-3-19-9(18)8-6-16-10(17-7(8)2)15-5-4-11(12,13)14/h6H,3-5H2,1-2H3,(H,15,16,17). The third-order valence-electron chi connectivity index (χ3n) is 2.17. The van der Waals surface area contributed by atoms with Crippen LogP contribution in [0.25, 0.3) is 0 Å². The van der Waals surface area contributed by atoms with E-state index in [1.807, 2.05) is 0 Å². The Morgan fingerprint density at radius 1 is 1.47 bits per heavy atom. The topological polar surface area (TPSA) is 64.1 Å². The number of ether oxygens (including phenoxy) is 1. The first-order valence-electron chi connectivity index (χ1n) is 5.65. The van der Waals surface area contributed by atoms with Crippen LogP contribution in [0.1, 0.15) is 29.4 Å². The number of rotatable bonds is 5. The molecule has 1 rings (SSSR count). The molecule has 5 nitrogen and oxygen atoms in total. The van der Waals surface area contributed by atoms with E-state index in [-0.39, 0.29) is 24.7 Å². The lowest BCUT2D eigenvalue weighted by Gasteiger charge is -2.09. The number of anilines is 1. The van der Waals surface area contributed by atoms with Crippen molar-refractivity contribution in [2.45, 2.75) is 26.4 Å². The Balaban J connectivity index is 2.64. The molecule has 0 aliphatic rings. The van der Waals surface area contributed by atoms with E-state index in [4.69, 9.17) is 4.74 Å². The summed E-state index contributed by atoms with van der Waals surface area (Å²) in [6, 6.07) is 0. The van der Waals surface area contributed by atoms with Crippen molar-refractivity contribution in [1.82, 2.24) is 9.97 Å². The Morgan fingerprint density at radius 3 is 2.68 bits per heavy atom. The number of hydrogen-bond donors (Lipinski definition) is 1. The highest BCUT2D eigenvalue weighted by Gasteiger charge is 2.26. The molecule has 8 heteroatoms. The molecule has 0 aliphatic heterocycles. The van der Waals surface area contributed by atoms with E-state index in [1.165, 1.54) is 6.20 Å². The summed E-state index contributed by atoms with van der Waals surface area (Å²) in [5.41, 5.74) is 0.547. The zero-order valence-electron chi connectivity index (χ0n) is 10.5. The van der Waals surface area contributed by atoms with Gasteiger partial charge in [-0.15, -0.1) is 0 Å². The SMILES string of the molecule is CCOC(=O)c1cnc(NCCC(F)(F)F)nc1C. The first kappa shape index (κ1) is 15.2. The lowest BCUT2D eigenvalue weighted by molar-refractivity contribution is -0.131. The average Bonchev–Trinajstić information content (AvgIpc) is 2.27. The maximum atomic E-state index is 12.0.